The minimum atomic E-state index is 0.465. The Morgan fingerprint density at radius 1 is 1.19 bits per heavy atom. The van der Waals surface area contributed by atoms with Gasteiger partial charge in [-0.15, -0.1) is 0 Å². The second kappa shape index (κ2) is 7.95. The molecule has 0 radical (unpaired) electrons. The van der Waals surface area contributed by atoms with Crippen LogP contribution < -0.4 is 5.32 Å². The quantitative estimate of drug-likeness (QED) is 0.850. The van der Waals surface area contributed by atoms with Gasteiger partial charge in [0.05, 0.1) is 0 Å². The smallest absolute Gasteiger partial charge is 0.0451 e. The predicted molar refractivity (Wildman–Crippen MR) is 91.6 cm³/mol. The highest BCUT2D eigenvalue weighted by molar-refractivity contribution is 5.29. The van der Waals surface area contributed by atoms with Gasteiger partial charge in [-0.25, -0.2) is 0 Å². The molecule has 118 valence electrons. The Morgan fingerprint density at radius 2 is 1.86 bits per heavy atom. The molecule has 1 aromatic rings. The van der Waals surface area contributed by atoms with Crippen LogP contribution in [0.5, 0.6) is 0 Å². The zero-order valence-corrected chi connectivity index (χ0v) is 14.2. The first-order chi connectivity index (χ1) is 10.1. The molecule has 2 nitrogen and oxygen atoms in total. The minimum Gasteiger partial charge on any atom is -0.309 e. The second-order valence-corrected chi connectivity index (χ2v) is 6.85. The van der Waals surface area contributed by atoms with Crippen LogP contribution in [-0.4, -0.2) is 31.1 Å². The fourth-order valence-electron chi connectivity index (χ4n) is 3.56. The molecule has 1 unspecified atom stereocenters. The first kappa shape index (κ1) is 16.5. The van der Waals surface area contributed by atoms with E-state index in [9.17, 15) is 0 Å². The maximum absolute atomic E-state index is 3.68. The Bertz CT molecular complexity index is 419. The molecule has 21 heavy (non-hydrogen) atoms. The van der Waals surface area contributed by atoms with Crippen molar-refractivity contribution in [3.63, 3.8) is 0 Å². The number of likely N-dealkylation sites (tertiary alicyclic amines) is 1. The number of hydrogen-bond donors (Lipinski definition) is 1. The fourth-order valence-corrected chi connectivity index (χ4v) is 3.56. The van der Waals surface area contributed by atoms with Gasteiger partial charge < -0.3 is 10.2 Å². The fraction of sp³-hybridized carbons (Fsp3) is 0.684. The summed E-state index contributed by atoms with van der Waals surface area (Å²) in [6, 6.07) is 9.27. The molecule has 1 aliphatic heterocycles. The lowest BCUT2D eigenvalue weighted by Gasteiger charge is -2.36. The van der Waals surface area contributed by atoms with Gasteiger partial charge in [-0.05, 0) is 62.4 Å². The molecule has 1 N–H and O–H groups in total. The topological polar surface area (TPSA) is 15.3 Å². The van der Waals surface area contributed by atoms with Crippen LogP contribution in [-0.2, 0) is 0 Å². The molecule has 1 heterocycles. The van der Waals surface area contributed by atoms with E-state index in [0.717, 1.165) is 24.9 Å². The molecule has 2 rings (SSSR count). The third-order valence-corrected chi connectivity index (χ3v) is 5.03. The van der Waals surface area contributed by atoms with Gasteiger partial charge in [-0.3, -0.25) is 0 Å². The lowest BCUT2D eigenvalue weighted by atomic mass is 9.86. The summed E-state index contributed by atoms with van der Waals surface area (Å²) in [5, 5.41) is 3.68. The lowest BCUT2D eigenvalue weighted by molar-refractivity contribution is 0.146. The van der Waals surface area contributed by atoms with Gasteiger partial charge in [-0.2, -0.15) is 0 Å². The maximum Gasteiger partial charge on any atom is 0.0451 e. The van der Waals surface area contributed by atoms with Crippen LogP contribution in [0.4, 0.5) is 0 Å². The summed E-state index contributed by atoms with van der Waals surface area (Å²) < 4.78 is 0. The van der Waals surface area contributed by atoms with E-state index in [0.29, 0.717) is 6.04 Å². The van der Waals surface area contributed by atoms with Crippen molar-refractivity contribution in [1.82, 2.24) is 10.2 Å². The first-order valence-corrected chi connectivity index (χ1v) is 8.63. The molecule has 1 atom stereocenters. The Morgan fingerprint density at radius 3 is 2.43 bits per heavy atom. The molecule has 1 saturated heterocycles. The molecule has 1 aliphatic rings. The summed E-state index contributed by atoms with van der Waals surface area (Å²) in [4.78, 5) is 2.65. The summed E-state index contributed by atoms with van der Waals surface area (Å²) in [7, 11) is 0. The standard InChI is InChI=1S/C19H32N2/c1-5-20-19(18-9-7-6-8-16(18)4)14-21-12-10-17(11-13-21)15(2)3/h6-9,15,17,19-20H,5,10-14H2,1-4H3. The molecule has 0 spiro atoms. The summed E-state index contributed by atoms with van der Waals surface area (Å²) in [5.74, 6) is 1.77. The molecule has 0 aliphatic carbocycles. The number of benzene rings is 1. The van der Waals surface area contributed by atoms with Gasteiger partial charge in [0.15, 0.2) is 0 Å². The van der Waals surface area contributed by atoms with Gasteiger partial charge in [0.1, 0.15) is 0 Å². The highest BCUT2D eigenvalue weighted by Gasteiger charge is 2.24. The zero-order valence-electron chi connectivity index (χ0n) is 14.2. The zero-order chi connectivity index (χ0) is 15.2. The molecule has 1 fully saturated rings. The third-order valence-electron chi connectivity index (χ3n) is 5.03. The predicted octanol–water partition coefficient (Wildman–Crippen LogP) is 4.01. The summed E-state index contributed by atoms with van der Waals surface area (Å²) in [6.45, 7) is 13.9. The third kappa shape index (κ3) is 4.55. The lowest BCUT2D eigenvalue weighted by Crippen LogP contribution is -2.41. The molecule has 0 amide bonds. The highest BCUT2D eigenvalue weighted by Crippen LogP contribution is 2.26. The molecule has 2 heteroatoms. The molecular formula is C19H32N2. The number of piperidine rings is 1. The molecular weight excluding hydrogens is 256 g/mol. The number of nitrogens with zero attached hydrogens (tertiary/aromatic N) is 1. The van der Waals surface area contributed by atoms with Gasteiger partial charge in [0.25, 0.3) is 0 Å². The van der Waals surface area contributed by atoms with E-state index in [1.807, 2.05) is 0 Å². The average Bonchev–Trinajstić information content (AvgIpc) is 2.48. The van der Waals surface area contributed by atoms with E-state index >= 15 is 0 Å². The number of hydrogen-bond acceptors (Lipinski definition) is 2. The number of rotatable bonds is 6. The van der Waals surface area contributed by atoms with Crippen LogP contribution >= 0.6 is 0 Å². The van der Waals surface area contributed by atoms with Crippen molar-refractivity contribution >= 4 is 0 Å². The Labute approximate surface area is 130 Å². The highest BCUT2D eigenvalue weighted by atomic mass is 15.2. The minimum absolute atomic E-state index is 0.465. The SMILES string of the molecule is CCNC(CN1CCC(C(C)C)CC1)c1ccccc1C. The van der Waals surface area contributed by atoms with Crippen molar-refractivity contribution in [1.29, 1.82) is 0 Å². The van der Waals surface area contributed by atoms with Crippen molar-refractivity contribution in [2.45, 2.75) is 46.6 Å². The van der Waals surface area contributed by atoms with Crippen LogP contribution in [0, 0.1) is 18.8 Å². The van der Waals surface area contributed by atoms with Gasteiger partial charge in [-0.1, -0.05) is 45.0 Å². The van der Waals surface area contributed by atoms with Gasteiger partial charge >= 0.3 is 0 Å². The van der Waals surface area contributed by atoms with E-state index in [4.69, 9.17) is 0 Å². The van der Waals surface area contributed by atoms with Crippen molar-refractivity contribution in [2.75, 3.05) is 26.2 Å². The van der Waals surface area contributed by atoms with Gasteiger partial charge in [0, 0.05) is 12.6 Å². The number of likely N-dealkylation sites (N-methyl/N-ethyl adjacent to an activating group) is 1. The van der Waals surface area contributed by atoms with Crippen molar-refractivity contribution in [3.8, 4) is 0 Å². The largest absolute Gasteiger partial charge is 0.309 e. The molecule has 0 bridgehead atoms. The average molecular weight is 288 g/mol. The van der Waals surface area contributed by atoms with Crippen LogP contribution in [0.2, 0.25) is 0 Å². The van der Waals surface area contributed by atoms with Gasteiger partial charge in [0.2, 0.25) is 0 Å². The Kier molecular flexibility index (Phi) is 6.25. The summed E-state index contributed by atoms with van der Waals surface area (Å²) in [6.07, 6.45) is 2.73. The van der Waals surface area contributed by atoms with E-state index in [1.165, 1.54) is 37.1 Å². The second-order valence-electron chi connectivity index (χ2n) is 6.85. The van der Waals surface area contributed by atoms with Crippen LogP contribution in [0.25, 0.3) is 0 Å². The van der Waals surface area contributed by atoms with E-state index in [2.05, 4.69) is 62.2 Å². The van der Waals surface area contributed by atoms with Crippen molar-refractivity contribution in [2.24, 2.45) is 11.8 Å². The van der Waals surface area contributed by atoms with E-state index in [1.54, 1.807) is 0 Å². The number of aryl methyl sites for hydroxylation is 1. The molecule has 0 aromatic heterocycles. The van der Waals surface area contributed by atoms with Crippen LogP contribution in [0.15, 0.2) is 24.3 Å². The number of nitrogens with one attached hydrogen (secondary N) is 1. The summed E-state index contributed by atoms with van der Waals surface area (Å²) >= 11 is 0. The van der Waals surface area contributed by atoms with E-state index in [-0.39, 0.29) is 0 Å². The maximum atomic E-state index is 3.68. The normalized spacial score (nSPS) is 19.1. The van der Waals surface area contributed by atoms with Crippen molar-refractivity contribution in [3.05, 3.63) is 35.4 Å². The Balaban J connectivity index is 1.97. The molecule has 0 saturated carbocycles. The first-order valence-electron chi connectivity index (χ1n) is 8.63. The van der Waals surface area contributed by atoms with Crippen LogP contribution in [0.3, 0.4) is 0 Å². The van der Waals surface area contributed by atoms with Crippen LogP contribution in [0.1, 0.15) is 50.8 Å². The Hall–Kier alpha value is -0.860. The summed E-state index contributed by atoms with van der Waals surface area (Å²) in [5.41, 5.74) is 2.87. The molecule has 1 aromatic carbocycles. The van der Waals surface area contributed by atoms with Crippen molar-refractivity contribution < 1.29 is 0 Å². The monoisotopic (exact) mass is 288 g/mol. The van der Waals surface area contributed by atoms with E-state index < -0.39 is 0 Å².